The fraction of sp³-hybridized carbons (Fsp3) is 0.0556. The van der Waals surface area contributed by atoms with Crippen molar-refractivity contribution in [2.45, 2.75) is 6.18 Å². The number of hydrogen-bond acceptors (Lipinski definition) is 1. The van der Waals surface area contributed by atoms with Crippen molar-refractivity contribution >= 4 is 34.7 Å². The Kier molecular flexibility index (Phi) is 4.09. The lowest BCUT2D eigenvalue weighted by atomic mass is 10.1. The van der Waals surface area contributed by atoms with Crippen LogP contribution in [0.1, 0.15) is 16.8 Å². The lowest BCUT2D eigenvalue weighted by molar-refractivity contribution is -0.137. The number of benzene rings is 2. The molecule has 116 valence electrons. The van der Waals surface area contributed by atoms with Crippen molar-refractivity contribution in [3.8, 4) is 0 Å². The number of fused-ring (bicyclic) bond motifs is 1. The Hall–Kier alpha value is -2.33. The lowest BCUT2D eigenvalue weighted by Gasteiger charge is -2.06. The van der Waals surface area contributed by atoms with E-state index in [0.717, 1.165) is 23.0 Å². The van der Waals surface area contributed by atoms with Gasteiger partial charge >= 0.3 is 6.18 Å². The van der Waals surface area contributed by atoms with E-state index in [0.29, 0.717) is 16.3 Å². The van der Waals surface area contributed by atoms with Crippen LogP contribution in [0.25, 0.3) is 23.1 Å². The maximum Gasteiger partial charge on any atom is 0.416 e. The van der Waals surface area contributed by atoms with Gasteiger partial charge in [-0.25, -0.2) is 4.98 Å². The molecule has 0 atom stereocenters. The third-order valence-electron chi connectivity index (χ3n) is 3.34. The molecule has 0 saturated heterocycles. The fourth-order valence-electron chi connectivity index (χ4n) is 2.20. The van der Waals surface area contributed by atoms with E-state index in [1.54, 1.807) is 36.4 Å². The van der Waals surface area contributed by atoms with Crippen LogP contribution in [0.15, 0.2) is 54.6 Å². The second kappa shape index (κ2) is 6.05. The first kappa shape index (κ1) is 15.6. The molecule has 0 unspecified atom stereocenters. The summed E-state index contributed by atoms with van der Waals surface area (Å²) < 4.78 is 38.1. The van der Waals surface area contributed by atoms with Gasteiger partial charge in [0.15, 0.2) is 0 Å². The van der Waals surface area contributed by atoms with Gasteiger partial charge in [-0.2, -0.15) is 13.2 Å². The van der Waals surface area contributed by atoms with Gasteiger partial charge in [0.05, 0.1) is 16.8 Å². The SMILES string of the molecule is FC(F)(F)c1cccc(/C=C/c2ccc3ccc(Cl)cc3n2)c1. The molecule has 1 nitrogen and oxygen atoms in total. The Morgan fingerprint density at radius 3 is 2.48 bits per heavy atom. The van der Waals surface area contributed by atoms with E-state index < -0.39 is 11.7 Å². The van der Waals surface area contributed by atoms with Gasteiger partial charge in [0.2, 0.25) is 0 Å². The van der Waals surface area contributed by atoms with Crippen molar-refractivity contribution in [1.29, 1.82) is 0 Å². The summed E-state index contributed by atoms with van der Waals surface area (Å²) in [7, 11) is 0. The first-order chi connectivity index (χ1) is 10.9. The van der Waals surface area contributed by atoms with E-state index in [1.807, 2.05) is 12.1 Å². The summed E-state index contributed by atoms with van der Waals surface area (Å²) in [6.45, 7) is 0. The summed E-state index contributed by atoms with van der Waals surface area (Å²) in [5, 5.41) is 1.54. The fourth-order valence-corrected chi connectivity index (χ4v) is 2.37. The quantitative estimate of drug-likeness (QED) is 0.554. The molecule has 1 heterocycles. The number of hydrogen-bond donors (Lipinski definition) is 0. The molecule has 0 amide bonds. The second-order valence-corrected chi connectivity index (χ2v) is 5.47. The van der Waals surface area contributed by atoms with Crippen molar-refractivity contribution in [1.82, 2.24) is 4.98 Å². The molecule has 3 rings (SSSR count). The van der Waals surface area contributed by atoms with Gasteiger partial charge in [-0.05, 0) is 42.0 Å². The van der Waals surface area contributed by atoms with Gasteiger partial charge in [-0.1, -0.05) is 41.9 Å². The predicted molar refractivity (Wildman–Crippen MR) is 87.1 cm³/mol. The smallest absolute Gasteiger partial charge is 0.248 e. The zero-order chi connectivity index (χ0) is 16.4. The van der Waals surface area contributed by atoms with Gasteiger partial charge in [0.25, 0.3) is 0 Å². The van der Waals surface area contributed by atoms with Crippen LogP contribution < -0.4 is 0 Å². The summed E-state index contributed by atoms with van der Waals surface area (Å²) in [4.78, 5) is 4.43. The highest BCUT2D eigenvalue weighted by Gasteiger charge is 2.30. The zero-order valence-corrected chi connectivity index (χ0v) is 12.6. The number of nitrogens with zero attached hydrogens (tertiary/aromatic N) is 1. The Morgan fingerprint density at radius 2 is 1.70 bits per heavy atom. The summed E-state index contributed by atoms with van der Waals surface area (Å²) >= 11 is 5.94. The molecule has 0 aliphatic carbocycles. The van der Waals surface area contributed by atoms with Crippen molar-refractivity contribution < 1.29 is 13.2 Å². The average Bonchev–Trinajstić information content (AvgIpc) is 2.52. The standard InChI is InChI=1S/C18H11ClF3N/c19-15-7-5-13-6-9-16(23-17(13)11-15)8-4-12-2-1-3-14(10-12)18(20,21)22/h1-11H/b8-4+. The molecular weight excluding hydrogens is 323 g/mol. The van der Waals surface area contributed by atoms with Crippen LogP contribution in [-0.2, 0) is 6.18 Å². The maximum absolute atomic E-state index is 12.7. The van der Waals surface area contributed by atoms with E-state index in [-0.39, 0.29) is 0 Å². The Bertz CT molecular complexity index is 885. The lowest BCUT2D eigenvalue weighted by Crippen LogP contribution is -2.04. The predicted octanol–water partition coefficient (Wildman–Crippen LogP) is 6.08. The molecule has 23 heavy (non-hydrogen) atoms. The van der Waals surface area contributed by atoms with Gasteiger partial charge in [0, 0.05) is 10.4 Å². The monoisotopic (exact) mass is 333 g/mol. The molecule has 0 aliphatic rings. The van der Waals surface area contributed by atoms with E-state index in [9.17, 15) is 13.2 Å². The van der Waals surface area contributed by atoms with Gasteiger partial charge in [-0.15, -0.1) is 0 Å². The summed E-state index contributed by atoms with van der Waals surface area (Å²) in [6, 6.07) is 14.2. The Morgan fingerprint density at radius 1 is 0.913 bits per heavy atom. The van der Waals surface area contributed by atoms with Crippen molar-refractivity contribution in [2.24, 2.45) is 0 Å². The molecule has 0 fully saturated rings. The normalized spacial score (nSPS) is 12.2. The zero-order valence-electron chi connectivity index (χ0n) is 11.8. The van der Waals surface area contributed by atoms with Crippen LogP contribution in [0.3, 0.4) is 0 Å². The number of halogens is 4. The highest BCUT2D eigenvalue weighted by molar-refractivity contribution is 6.31. The van der Waals surface area contributed by atoms with E-state index in [1.165, 1.54) is 6.07 Å². The van der Waals surface area contributed by atoms with Crippen LogP contribution in [0.5, 0.6) is 0 Å². The Labute approximate surface area is 136 Å². The maximum atomic E-state index is 12.7. The number of alkyl halides is 3. The van der Waals surface area contributed by atoms with Crippen LogP contribution in [-0.4, -0.2) is 4.98 Å². The largest absolute Gasteiger partial charge is 0.416 e. The van der Waals surface area contributed by atoms with Gasteiger partial charge in [0.1, 0.15) is 0 Å². The molecule has 0 saturated carbocycles. The molecule has 0 spiro atoms. The molecule has 0 bridgehead atoms. The molecule has 1 aromatic heterocycles. The first-order valence-electron chi connectivity index (χ1n) is 6.83. The van der Waals surface area contributed by atoms with Crippen molar-refractivity contribution in [3.63, 3.8) is 0 Å². The minimum atomic E-state index is -4.35. The van der Waals surface area contributed by atoms with E-state index in [2.05, 4.69) is 4.98 Å². The number of aromatic nitrogens is 1. The van der Waals surface area contributed by atoms with Crippen LogP contribution in [0.4, 0.5) is 13.2 Å². The molecule has 3 aromatic rings. The summed E-state index contributed by atoms with van der Waals surface area (Å²) in [5.41, 5.74) is 1.19. The Balaban J connectivity index is 1.91. The minimum Gasteiger partial charge on any atom is -0.248 e. The van der Waals surface area contributed by atoms with Crippen molar-refractivity contribution in [2.75, 3.05) is 0 Å². The second-order valence-electron chi connectivity index (χ2n) is 5.03. The average molecular weight is 334 g/mol. The van der Waals surface area contributed by atoms with E-state index >= 15 is 0 Å². The van der Waals surface area contributed by atoms with Crippen molar-refractivity contribution in [3.05, 3.63) is 76.4 Å². The molecule has 5 heteroatoms. The third kappa shape index (κ3) is 3.71. The first-order valence-corrected chi connectivity index (χ1v) is 7.21. The molecule has 2 aromatic carbocycles. The molecule has 0 radical (unpaired) electrons. The van der Waals surface area contributed by atoms with Crippen LogP contribution >= 0.6 is 11.6 Å². The van der Waals surface area contributed by atoms with Crippen LogP contribution in [0, 0.1) is 0 Å². The third-order valence-corrected chi connectivity index (χ3v) is 3.57. The molecule has 0 aliphatic heterocycles. The minimum absolute atomic E-state index is 0.466. The topological polar surface area (TPSA) is 12.9 Å². The molecular formula is C18H11ClF3N. The highest BCUT2D eigenvalue weighted by Crippen LogP contribution is 2.29. The van der Waals surface area contributed by atoms with Gasteiger partial charge in [-0.3, -0.25) is 0 Å². The highest BCUT2D eigenvalue weighted by atomic mass is 35.5. The number of rotatable bonds is 2. The van der Waals surface area contributed by atoms with Crippen LogP contribution in [0.2, 0.25) is 5.02 Å². The van der Waals surface area contributed by atoms with E-state index in [4.69, 9.17) is 11.6 Å². The molecule has 0 N–H and O–H groups in total. The summed E-state index contributed by atoms with van der Waals surface area (Å²) in [6.07, 6.45) is -1.06. The van der Waals surface area contributed by atoms with Gasteiger partial charge < -0.3 is 0 Å². The summed E-state index contributed by atoms with van der Waals surface area (Å²) in [5.74, 6) is 0. The number of pyridine rings is 1.